The lowest BCUT2D eigenvalue weighted by atomic mass is 10.3. The quantitative estimate of drug-likeness (QED) is 0.522. The third-order valence-corrected chi connectivity index (χ3v) is 7.65. The van der Waals surface area contributed by atoms with Crippen LogP contribution in [0.4, 0.5) is 10.9 Å². The predicted molar refractivity (Wildman–Crippen MR) is 117 cm³/mol. The first kappa shape index (κ1) is 21.5. The van der Waals surface area contributed by atoms with Crippen LogP contribution in [0.1, 0.15) is 19.2 Å². The predicted octanol–water partition coefficient (Wildman–Crippen LogP) is 2.96. The topological polar surface area (TPSA) is 115 Å². The van der Waals surface area contributed by atoms with E-state index in [-0.39, 0.29) is 15.2 Å². The molecule has 1 fully saturated rings. The van der Waals surface area contributed by atoms with Crippen molar-refractivity contribution in [3.8, 4) is 11.6 Å². The first-order valence-corrected chi connectivity index (χ1v) is 12.2. The molecule has 1 saturated heterocycles. The van der Waals surface area contributed by atoms with Crippen molar-refractivity contribution < 1.29 is 17.9 Å². The lowest BCUT2D eigenvalue weighted by molar-refractivity contribution is 0.213. The van der Waals surface area contributed by atoms with Crippen molar-refractivity contribution >= 4 is 32.1 Å². The number of sulfone groups is 1. The molecule has 1 unspecified atom stereocenters. The van der Waals surface area contributed by atoms with Crippen LogP contribution in [0.3, 0.4) is 0 Å². The Hall–Kier alpha value is -2.76. The smallest absolute Gasteiger partial charge is 0.219 e. The SMILES string of the molecule is CCOc1cccc(S(=O)(=O)c2cnc(Nc3cc(OC4CCNC4)nc(C)n3)s2)c1. The van der Waals surface area contributed by atoms with Crippen LogP contribution in [0, 0.1) is 6.92 Å². The van der Waals surface area contributed by atoms with Gasteiger partial charge in [0.1, 0.15) is 27.7 Å². The number of benzene rings is 1. The number of nitrogens with zero attached hydrogens (tertiary/aromatic N) is 3. The first-order valence-electron chi connectivity index (χ1n) is 9.88. The zero-order chi connectivity index (χ0) is 21.8. The molecule has 3 aromatic rings. The van der Waals surface area contributed by atoms with E-state index in [0.29, 0.717) is 35.0 Å². The van der Waals surface area contributed by atoms with E-state index in [0.717, 1.165) is 30.8 Å². The van der Waals surface area contributed by atoms with Gasteiger partial charge in [-0.1, -0.05) is 17.4 Å². The van der Waals surface area contributed by atoms with Crippen LogP contribution in [0.5, 0.6) is 11.6 Å². The molecule has 0 spiro atoms. The molecule has 1 aromatic carbocycles. The number of hydrogen-bond donors (Lipinski definition) is 2. The number of nitrogens with one attached hydrogen (secondary N) is 2. The van der Waals surface area contributed by atoms with E-state index in [2.05, 4.69) is 25.6 Å². The zero-order valence-electron chi connectivity index (χ0n) is 17.2. The van der Waals surface area contributed by atoms with Crippen LogP contribution in [0.15, 0.2) is 45.6 Å². The summed E-state index contributed by atoms with van der Waals surface area (Å²) in [7, 11) is -3.71. The van der Waals surface area contributed by atoms with E-state index in [1.54, 1.807) is 31.2 Å². The molecule has 0 amide bonds. The van der Waals surface area contributed by atoms with E-state index < -0.39 is 9.84 Å². The average molecular weight is 462 g/mol. The normalized spacial score (nSPS) is 16.3. The summed E-state index contributed by atoms with van der Waals surface area (Å²) < 4.78 is 37.4. The molecule has 3 heterocycles. The maximum absolute atomic E-state index is 13.0. The van der Waals surface area contributed by atoms with Gasteiger partial charge in [-0.05, 0) is 45.0 Å². The number of aromatic nitrogens is 3. The Morgan fingerprint density at radius 2 is 2.16 bits per heavy atom. The summed E-state index contributed by atoms with van der Waals surface area (Å²) in [6.07, 6.45) is 2.33. The molecule has 164 valence electrons. The van der Waals surface area contributed by atoms with Gasteiger partial charge in [-0.15, -0.1) is 0 Å². The van der Waals surface area contributed by atoms with Crippen LogP contribution < -0.4 is 20.1 Å². The molecule has 2 N–H and O–H groups in total. The number of rotatable bonds is 8. The van der Waals surface area contributed by atoms with Crippen molar-refractivity contribution in [1.29, 1.82) is 0 Å². The number of aryl methyl sites for hydroxylation is 1. The molecule has 1 aliphatic rings. The zero-order valence-corrected chi connectivity index (χ0v) is 18.8. The minimum atomic E-state index is -3.71. The highest BCUT2D eigenvalue weighted by Gasteiger charge is 2.22. The molecule has 9 nitrogen and oxygen atoms in total. The van der Waals surface area contributed by atoms with Crippen LogP contribution in [-0.2, 0) is 9.84 Å². The molecule has 0 aliphatic carbocycles. The van der Waals surface area contributed by atoms with E-state index >= 15 is 0 Å². The van der Waals surface area contributed by atoms with Gasteiger partial charge in [0.2, 0.25) is 15.7 Å². The molecule has 31 heavy (non-hydrogen) atoms. The standard InChI is InChI=1S/C20H23N5O4S2/c1-3-28-14-5-4-6-16(9-14)31(26,27)19-12-22-20(30-19)25-17-10-18(24-13(2)23-17)29-15-7-8-21-11-15/h4-6,9-10,12,15,21H,3,7-8,11H2,1-2H3,(H,22,23,24,25). The number of hydrogen-bond acceptors (Lipinski definition) is 10. The minimum absolute atomic E-state index is 0.0752. The third kappa shape index (κ3) is 5.12. The molecule has 0 bridgehead atoms. The number of thiazole rings is 1. The third-order valence-electron chi connectivity index (χ3n) is 4.53. The number of anilines is 2. The van der Waals surface area contributed by atoms with Crippen molar-refractivity contribution in [1.82, 2.24) is 20.3 Å². The molecule has 4 rings (SSSR count). The van der Waals surface area contributed by atoms with Gasteiger partial charge in [-0.2, -0.15) is 4.98 Å². The fourth-order valence-corrected chi connectivity index (χ4v) is 5.60. The average Bonchev–Trinajstić information content (AvgIpc) is 3.40. The van der Waals surface area contributed by atoms with Gasteiger partial charge in [0.05, 0.1) is 17.7 Å². The van der Waals surface area contributed by atoms with Crippen molar-refractivity contribution in [2.45, 2.75) is 35.5 Å². The number of ether oxygens (including phenoxy) is 2. The molecular formula is C20H23N5O4S2. The van der Waals surface area contributed by atoms with Gasteiger partial charge in [-0.25, -0.2) is 18.4 Å². The molecule has 2 aromatic heterocycles. The largest absolute Gasteiger partial charge is 0.494 e. The molecule has 11 heteroatoms. The molecule has 1 atom stereocenters. The van der Waals surface area contributed by atoms with Crippen molar-refractivity contribution in [2.24, 2.45) is 0 Å². The maximum atomic E-state index is 13.0. The Labute approximate surface area is 184 Å². The van der Waals surface area contributed by atoms with Crippen molar-refractivity contribution in [3.05, 3.63) is 42.4 Å². The lowest BCUT2D eigenvalue weighted by Gasteiger charge is -2.12. The summed E-state index contributed by atoms with van der Waals surface area (Å²) in [6.45, 7) is 5.78. The van der Waals surface area contributed by atoms with Gasteiger partial charge in [0.15, 0.2) is 5.13 Å². The Bertz CT molecular complexity index is 1160. The Morgan fingerprint density at radius 1 is 1.29 bits per heavy atom. The summed E-state index contributed by atoms with van der Waals surface area (Å²) >= 11 is 1.03. The second kappa shape index (κ2) is 9.16. The van der Waals surface area contributed by atoms with Crippen LogP contribution in [0.25, 0.3) is 0 Å². The van der Waals surface area contributed by atoms with E-state index in [1.165, 1.54) is 12.3 Å². The van der Waals surface area contributed by atoms with Crippen molar-refractivity contribution in [3.63, 3.8) is 0 Å². The summed E-state index contributed by atoms with van der Waals surface area (Å²) in [4.78, 5) is 13.0. The lowest BCUT2D eigenvalue weighted by Crippen LogP contribution is -2.20. The first-order chi connectivity index (χ1) is 14.9. The maximum Gasteiger partial charge on any atom is 0.219 e. The summed E-state index contributed by atoms with van der Waals surface area (Å²) in [5, 5.41) is 6.71. The Morgan fingerprint density at radius 3 is 2.94 bits per heavy atom. The van der Waals surface area contributed by atoms with Crippen LogP contribution in [0.2, 0.25) is 0 Å². The van der Waals surface area contributed by atoms with E-state index in [1.807, 2.05) is 6.92 Å². The second-order valence-electron chi connectivity index (χ2n) is 6.89. The van der Waals surface area contributed by atoms with Gasteiger partial charge in [0.25, 0.3) is 0 Å². The van der Waals surface area contributed by atoms with E-state index in [9.17, 15) is 8.42 Å². The highest BCUT2D eigenvalue weighted by atomic mass is 32.2. The Balaban J connectivity index is 1.52. The Kier molecular flexibility index (Phi) is 6.35. The minimum Gasteiger partial charge on any atom is -0.494 e. The molecule has 1 aliphatic heterocycles. The van der Waals surface area contributed by atoms with Gasteiger partial charge >= 0.3 is 0 Å². The fourth-order valence-electron chi connectivity index (χ4n) is 3.13. The van der Waals surface area contributed by atoms with Crippen LogP contribution >= 0.6 is 11.3 Å². The molecular weight excluding hydrogens is 438 g/mol. The highest BCUT2D eigenvalue weighted by molar-refractivity contribution is 7.93. The fraction of sp³-hybridized carbons (Fsp3) is 0.350. The monoisotopic (exact) mass is 461 g/mol. The summed E-state index contributed by atoms with van der Waals surface area (Å²) in [5.74, 6) is 2.02. The molecule has 0 radical (unpaired) electrons. The second-order valence-corrected chi connectivity index (χ2v) is 10.1. The van der Waals surface area contributed by atoms with Gasteiger partial charge < -0.3 is 20.1 Å². The van der Waals surface area contributed by atoms with E-state index in [4.69, 9.17) is 9.47 Å². The van der Waals surface area contributed by atoms with Crippen molar-refractivity contribution in [2.75, 3.05) is 25.0 Å². The molecule has 0 saturated carbocycles. The van der Waals surface area contributed by atoms with Crippen LogP contribution in [-0.4, -0.2) is 49.2 Å². The van der Waals surface area contributed by atoms with Gasteiger partial charge in [-0.3, -0.25) is 0 Å². The summed E-state index contributed by atoms with van der Waals surface area (Å²) in [6, 6.07) is 8.12. The van der Waals surface area contributed by atoms with Gasteiger partial charge in [0, 0.05) is 12.6 Å². The highest BCUT2D eigenvalue weighted by Crippen LogP contribution is 2.31. The summed E-state index contributed by atoms with van der Waals surface area (Å²) in [5.41, 5.74) is 0.